The van der Waals surface area contributed by atoms with Crippen molar-refractivity contribution in [2.24, 2.45) is 0 Å². The first kappa shape index (κ1) is 19.3. The van der Waals surface area contributed by atoms with Crippen molar-refractivity contribution in [1.82, 2.24) is 4.90 Å². The van der Waals surface area contributed by atoms with E-state index in [1.165, 1.54) is 5.56 Å². The van der Waals surface area contributed by atoms with Gasteiger partial charge in [0.25, 0.3) is 5.91 Å². The summed E-state index contributed by atoms with van der Waals surface area (Å²) >= 11 is 1.65. The highest BCUT2D eigenvalue weighted by Crippen LogP contribution is 2.42. The summed E-state index contributed by atoms with van der Waals surface area (Å²) < 4.78 is 16.3. The van der Waals surface area contributed by atoms with E-state index in [9.17, 15) is 4.79 Å². The highest BCUT2D eigenvalue weighted by molar-refractivity contribution is 7.10. The second kappa shape index (κ2) is 8.17. The lowest BCUT2D eigenvalue weighted by molar-refractivity contribution is 0.0696. The van der Waals surface area contributed by atoms with Crippen LogP contribution in [0.5, 0.6) is 17.2 Å². The van der Waals surface area contributed by atoms with Crippen molar-refractivity contribution in [3.63, 3.8) is 0 Å². The first-order valence-corrected chi connectivity index (χ1v) is 10.3. The number of amides is 1. The molecule has 0 aliphatic carbocycles. The molecule has 2 aromatic carbocycles. The molecule has 1 aliphatic rings. The van der Waals surface area contributed by atoms with E-state index in [1.54, 1.807) is 38.7 Å². The van der Waals surface area contributed by atoms with Crippen LogP contribution >= 0.6 is 11.3 Å². The number of fused-ring (bicyclic) bond motifs is 1. The van der Waals surface area contributed by atoms with Gasteiger partial charge in [-0.3, -0.25) is 4.79 Å². The van der Waals surface area contributed by atoms with Crippen molar-refractivity contribution >= 4 is 17.2 Å². The van der Waals surface area contributed by atoms with E-state index in [0.29, 0.717) is 29.4 Å². The number of carbonyl (C=O) groups is 1. The normalized spacial score (nSPS) is 15.6. The molecule has 0 fully saturated rings. The molecule has 0 saturated heterocycles. The number of ether oxygens (including phenoxy) is 3. The molecule has 2 heterocycles. The fourth-order valence-corrected chi connectivity index (χ4v) is 4.69. The van der Waals surface area contributed by atoms with E-state index in [4.69, 9.17) is 14.2 Å². The highest BCUT2D eigenvalue weighted by Gasteiger charge is 2.34. The van der Waals surface area contributed by atoms with Gasteiger partial charge in [-0.25, -0.2) is 0 Å². The quantitative estimate of drug-likeness (QED) is 0.620. The molecule has 0 saturated carbocycles. The number of hydrogen-bond acceptors (Lipinski definition) is 5. The maximum absolute atomic E-state index is 13.5. The minimum atomic E-state index is -0.169. The molecular formula is C23H23NO4S. The van der Waals surface area contributed by atoms with Crippen LogP contribution in [-0.2, 0) is 6.42 Å². The zero-order chi connectivity index (χ0) is 20.4. The third-order valence-electron chi connectivity index (χ3n) is 5.26. The van der Waals surface area contributed by atoms with Gasteiger partial charge in [-0.15, -0.1) is 11.3 Å². The fourth-order valence-electron chi connectivity index (χ4n) is 3.84. The van der Waals surface area contributed by atoms with Gasteiger partial charge < -0.3 is 19.1 Å². The van der Waals surface area contributed by atoms with Gasteiger partial charge in [0.15, 0.2) is 11.5 Å². The summed E-state index contributed by atoms with van der Waals surface area (Å²) in [5.74, 6) is 2.04. The van der Waals surface area contributed by atoms with Crippen LogP contribution in [0.25, 0.3) is 0 Å². The molecule has 1 aromatic heterocycles. The average Bonchev–Trinajstić information content (AvgIpc) is 3.31. The van der Waals surface area contributed by atoms with Gasteiger partial charge in [0.2, 0.25) is 0 Å². The number of hydrogen-bond donors (Lipinski definition) is 0. The van der Waals surface area contributed by atoms with Crippen molar-refractivity contribution in [2.75, 3.05) is 27.9 Å². The van der Waals surface area contributed by atoms with E-state index in [-0.39, 0.29) is 11.9 Å². The molecule has 0 N–H and O–H groups in total. The van der Waals surface area contributed by atoms with E-state index in [0.717, 1.165) is 16.9 Å². The highest BCUT2D eigenvalue weighted by atomic mass is 32.1. The van der Waals surface area contributed by atoms with Crippen LogP contribution in [0.3, 0.4) is 0 Å². The number of benzene rings is 2. The fraction of sp³-hybridized carbons (Fsp3) is 0.261. The summed E-state index contributed by atoms with van der Waals surface area (Å²) in [7, 11) is 4.88. The van der Waals surface area contributed by atoms with Crippen LogP contribution in [0, 0.1) is 0 Å². The van der Waals surface area contributed by atoms with Gasteiger partial charge in [0.1, 0.15) is 5.75 Å². The van der Waals surface area contributed by atoms with Crippen LogP contribution in [0.1, 0.15) is 32.4 Å². The first-order valence-electron chi connectivity index (χ1n) is 9.39. The standard InChI is InChI=1S/C23H23NO4S/c1-26-17-7-4-6-16(12-17)23(25)24-10-9-15-13-19(27-2)20(28-3)14-18(15)22(24)21-8-5-11-29-21/h4-8,11-14,22H,9-10H2,1-3H3. The van der Waals surface area contributed by atoms with Crippen molar-refractivity contribution in [3.05, 3.63) is 75.5 Å². The molecule has 6 heteroatoms. The number of rotatable bonds is 5. The Labute approximate surface area is 174 Å². The molecule has 29 heavy (non-hydrogen) atoms. The van der Waals surface area contributed by atoms with Crippen LogP contribution in [0.2, 0.25) is 0 Å². The Hall–Kier alpha value is -2.99. The van der Waals surface area contributed by atoms with Crippen LogP contribution < -0.4 is 14.2 Å². The topological polar surface area (TPSA) is 48.0 Å². The number of thiophene rings is 1. The van der Waals surface area contributed by atoms with Gasteiger partial charge in [-0.1, -0.05) is 12.1 Å². The second-order valence-electron chi connectivity index (χ2n) is 6.80. The Morgan fingerprint density at radius 1 is 1.00 bits per heavy atom. The molecule has 5 nitrogen and oxygen atoms in total. The van der Waals surface area contributed by atoms with E-state index in [1.807, 2.05) is 46.7 Å². The van der Waals surface area contributed by atoms with Crippen molar-refractivity contribution in [3.8, 4) is 17.2 Å². The lowest BCUT2D eigenvalue weighted by Gasteiger charge is -2.37. The van der Waals surface area contributed by atoms with Crippen molar-refractivity contribution < 1.29 is 19.0 Å². The molecule has 0 radical (unpaired) electrons. The Kier molecular flexibility index (Phi) is 5.45. The minimum Gasteiger partial charge on any atom is -0.497 e. The molecule has 4 rings (SSSR count). The maximum atomic E-state index is 13.5. The predicted molar refractivity (Wildman–Crippen MR) is 113 cm³/mol. The molecule has 1 unspecified atom stereocenters. The van der Waals surface area contributed by atoms with Crippen LogP contribution in [0.4, 0.5) is 0 Å². The number of nitrogens with zero attached hydrogens (tertiary/aromatic N) is 1. The lowest BCUT2D eigenvalue weighted by atomic mass is 9.90. The maximum Gasteiger partial charge on any atom is 0.254 e. The SMILES string of the molecule is COc1cccc(C(=O)N2CCc3cc(OC)c(OC)cc3C2c2cccs2)c1. The summed E-state index contributed by atoms with van der Waals surface area (Å²) in [4.78, 5) is 16.5. The molecule has 150 valence electrons. The monoisotopic (exact) mass is 409 g/mol. The summed E-state index contributed by atoms with van der Waals surface area (Å²) in [6.07, 6.45) is 0.757. The van der Waals surface area contributed by atoms with Crippen LogP contribution in [-0.4, -0.2) is 38.7 Å². The molecule has 3 aromatic rings. The molecule has 0 spiro atoms. The Balaban J connectivity index is 1.80. The van der Waals surface area contributed by atoms with E-state index in [2.05, 4.69) is 6.07 Å². The van der Waals surface area contributed by atoms with Crippen molar-refractivity contribution in [2.45, 2.75) is 12.5 Å². The van der Waals surface area contributed by atoms with Gasteiger partial charge in [0, 0.05) is 17.0 Å². The lowest BCUT2D eigenvalue weighted by Crippen LogP contribution is -2.40. The first-order chi connectivity index (χ1) is 14.2. The largest absolute Gasteiger partial charge is 0.497 e. The summed E-state index contributed by atoms with van der Waals surface area (Å²) in [5.41, 5.74) is 2.87. The molecule has 1 amide bonds. The van der Waals surface area contributed by atoms with Crippen molar-refractivity contribution in [1.29, 1.82) is 0 Å². The Morgan fingerprint density at radius 2 is 1.79 bits per heavy atom. The summed E-state index contributed by atoms with van der Waals surface area (Å²) in [6.45, 7) is 0.626. The van der Waals surface area contributed by atoms with E-state index < -0.39 is 0 Å². The van der Waals surface area contributed by atoms with Gasteiger partial charge in [-0.05, 0) is 59.3 Å². The minimum absolute atomic E-state index is 0.0114. The zero-order valence-electron chi connectivity index (χ0n) is 16.7. The zero-order valence-corrected chi connectivity index (χ0v) is 17.5. The molecule has 1 atom stereocenters. The number of methoxy groups -OCH3 is 3. The summed E-state index contributed by atoms with van der Waals surface area (Å²) in [5, 5.41) is 2.04. The molecule has 1 aliphatic heterocycles. The Bertz CT molecular complexity index is 1020. The smallest absolute Gasteiger partial charge is 0.254 e. The van der Waals surface area contributed by atoms with Gasteiger partial charge in [-0.2, -0.15) is 0 Å². The summed E-state index contributed by atoms with van der Waals surface area (Å²) in [6, 6.07) is 15.3. The van der Waals surface area contributed by atoms with Gasteiger partial charge in [0.05, 0.1) is 27.4 Å². The predicted octanol–water partition coefficient (Wildman–Crippen LogP) is 4.56. The third-order valence-corrected chi connectivity index (χ3v) is 6.19. The van der Waals surface area contributed by atoms with Crippen LogP contribution in [0.15, 0.2) is 53.9 Å². The Morgan fingerprint density at radius 3 is 2.48 bits per heavy atom. The number of carbonyl (C=O) groups excluding carboxylic acids is 1. The average molecular weight is 410 g/mol. The van der Waals surface area contributed by atoms with Gasteiger partial charge >= 0.3 is 0 Å². The van der Waals surface area contributed by atoms with E-state index >= 15 is 0 Å². The third kappa shape index (κ3) is 3.56. The second-order valence-corrected chi connectivity index (χ2v) is 7.78. The molecule has 0 bridgehead atoms. The molecular weight excluding hydrogens is 386 g/mol.